The number of nitrogens with two attached hydrogens (primary N) is 2. The average molecular weight is 314 g/mol. The van der Waals surface area contributed by atoms with Gasteiger partial charge in [-0.1, -0.05) is 23.9 Å². The van der Waals surface area contributed by atoms with Crippen LogP contribution >= 0.6 is 11.8 Å². The highest BCUT2D eigenvalue weighted by molar-refractivity contribution is 8.00. The van der Waals surface area contributed by atoms with Gasteiger partial charge in [-0.3, -0.25) is 4.79 Å². The zero-order valence-electron chi connectivity index (χ0n) is 12.4. The Morgan fingerprint density at radius 3 is 2.55 bits per heavy atom. The monoisotopic (exact) mass is 314 g/mol. The van der Waals surface area contributed by atoms with E-state index >= 15 is 0 Å². The molecule has 0 amide bonds. The third kappa shape index (κ3) is 3.06. The molecule has 6 heteroatoms. The quantitative estimate of drug-likeness (QED) is 0.511. The Bertz CT molecular complexity index is 712. The van der Waals surface area contributed by atoms with Gasteiger partial charge in [0.2, 0.25) is 0 Å². The number of nitrogens with zero attached hydrogens (tertiary/aromatic N) is 2. The van der Waals surface area contributed by atoms with Crippen LogP contribution in [0.15, 0.2) is 29.4 Å². The summed E-state index contributed by atoms with van der Waals surface area (Å²) in [6.45, 7) is 1.85. The van der Waals surface area contributed by atoms with Crippen LogP contribution in [0.5, 0.6) is 0 Å². The van der Waals surface area contributed by atoms with Gasteiger partial charge in [0, 0.05) is 11.6 Å². The first kappa shape index (κ1) is 14.8. The lowest BCUT2D eigenvalue weighted by molar-refractivity contribution is 0.0994. The smallest absolute Gasteiger partial charge is 0.192 e. The largest absolute Gasteiger partial charge is 0.383 e. The van der Waals surface area contributed by atoms with Gasteiger partial charge in [-0.2, -0.15) is 0 Å². The normalized spacial score (nSPS) is 14.6. The Morgan fingerprint density at radius 1 is 1.14 bits per heavy atom. The minimum atomic E-state index is -0.291. The van der Waals surface area contributed by atoms with Crippen molar-refractivity contribution < 1.29 is 4.79 Å². The third-order valence-corrected chi connectivity index (χ3v) is 4.74. The molecule has 5 nitrogen and oxygen atoms in total. The summed E-state index contributed by atoms with van der Waals surface area (Å²) in [5.74, 6) is 0.698. The predicted octanol–water partition coefficient (Wildman–Crippen LogP) is 2.49. The summed E-state index contributed by atoms with van der Waals surface area (Å²) in [6, 6.07) is 7.51. The van der Waals surface area contributed by atoms with Crippen LogP contribution in [0.4, 0.5) is 11.6 Å². The molecule has 0 saturated carbocycles. The van der Waals surface area contributed by atoms with Crippen molar-refractivity contribution in [2.45, 2.75) is 36.6 Å². The molecule has 0 bridgehead atoms. The van der Waals surface area contributed by atoms with Crippen molar-refractivity contribution in [3.63, 3.8) is 0 Å². The van der Waals surface area contributed by atoms with Crippen molar-refractivity contribution in [1.82, 2.24) is 9.97 Å². The first-order valence-corrected chi connectivity index (χ1v) is 8.13. The minimum Gasteiger partial charge on any atom is -0.383 e. The molecular weight excluding hydrogens is 296 g/mol. The van der Waals surface area contributed by atoms with Gasteiger partial charge in [0.25, 0.3) is 0 Å². The number of thioether (sulfide) groups is 1. The molecule has 1 aliphatic rings. The van der Waals surface area contributed by atoms with E-state index in [4.69, 9.17) is 11.5 Å². The zero-order chi connectivity index (χ0) is 15.7. The third-order valence-electron chi connectivity index (χ3n) is 3.78. The molecule has 1 aromatic heterocycles. The number of hydrogen-bond donors (Lipinski definition) is 2. The van der Waals surface area contributed by atoms with Crippen LogP contribution < -0.4 is 11.5 Å². The van der Waals surface area contributed by atoms with Crippen LogP contribution in [0.3, 0.4) is 0 Å². The molecule has 0 aliphatic heterocycles. The first-order valence-electron chi connectivity index (χ1n) is 7.25. The van der Waals surface area contributed by atoms with Crippen molar-refractivity contribution in [2.24, 2.45) is 0 Å². The molecule has 1 aliphatic carbocycles. The summed E-state index contributed by atoms with van der Waals surface area (Å²) in [4.78, 5) is 20.8. The molecule has 114 valence electrons. The molecule has 1 aromatic carbocycles. The van der Waals surface area contributed by atoms with Crippen LogP contribution in [-0.2, 0) is 12.8 Å². The number of anilines is 2. The Labute approximate surface area is 133 Å². The average Bonchev–Trinajstić information content (AvgIpc) is 2.92. The lowest BCUT2D eigenvalue weighted by Crippen LogP contribution is -2.15. The van der Waals surface area contributed by atoms with E-state index in [1.807, 2.05) is 19.1 Å². The van der Waals surface area contributed by atoms with E-state index in [2.05, 4.69) is 16.0 Å². The van der Waals surface area contributed by atoms with E-state index in [0.717, 1.165) is 18.4 Å². The van der Waals surface area contributed by atoms with E-state index in [1.165, 1.54) is 35.4 Å². The number of carbonyl (C=O) groups excluding carboxylic acids is 1. The zero-order valence-corrected chi connectivity index (χ0v) is 13.2. The van der Waals surface area contributed by atoms with Crippen molar-refractivity contribution in [3.05, 3.63) is 41.0 Å². The molecule has 0 saturated heterocycles. The SMILES string of the molecule is CC(Sc1nc(N)cc(N)n1)C(=O)c1ccc2c(c1)CCC2. The van der Waals surface area contributed by atoms with E-state index in [0.29, 0.717) is 16.8 Å². The lowest BCUT2D eigenvalue weighted by atomic mass is 10.0. The molecule has 1 heterocycles. The molecule has 2 aromatic rings. The summed E-state index contributed by atoms with van der Waals surface area (Å²) in [5.41, 5.74) is 14.7. The molecule has 0 fully saturated rings. The number of hydrogen-bond acceptors (Lipinski definition) is 6. The van der Waals surface area contributed by atoms with Crippen molar-refractivity contribution >= 4 is 29.2 Å². The number of benzene rings is 1. The van der Waals surface area contributed by atoms with Crippen LogP contribution in [0.25, 0.3) is 0 Å². The van der Waals surface area contributed by atoms with E-state index < -0.39 is 0 Å². The van der Waals surface area contributed by atoms with E-state index in [-0.39, 0.29) is 11.0 Å². The number of ketones is 1. The number of aromatic nitrogens is 2. The highest BCUT2D eigenvalue weighted by Gasteiger charge is 2.20. The molecule has 22 heavy (non-hydrogen) atoms. The Morgan fingerprint density at radius 2 is 1.82 bits per heavy atom. The first-order chi connectivity index (χ1) is 10.5. The van der Waals surface area contributed by atoms with Gasteiger partial charge in [0.05, 0.1) is 5.25 Å². The molecule has 3 rings (SSSR count). The second-order valence-corrected chi connectivity index (χ2v) is 6.77. The number of aryl methyl sites for hydroxylation is 2. The van der Waals surface area contributed by atoms with Gasteiger partial charge in [0.15, 0.2) is 10.9 Å². The topological polar surface area (TPSA) is 94.9 Å². The Kier molecular flexibility index (Phi) is 4.02. The molecule has 4 N–H and O–H groups in total. The highest BCUT2D eigenvalue weighted by atomic mass is 32.2. The van der Waals surface area contributed by atoms with Crippen molar-refractivity contribution in [1.29, 1.82) is 0 Å². The minimum absolute atomic E-state index is 0.0734. The predicted molar refractivity (Wildman–Crippen MR) is 89.0 cm³/mol. The van der Waals surface area contributed by atoms with Gasteiger partial charge >= 0.3 is 0 Å². The summed E-state index contributed by atoms with van der Waals surface area (Å²) < 4.78 is 0. The number of nitrogen functional groups attached to an aromatic ring is 2. The number of rotatable bonds is 4. The standard InChI is InChI=1S/C16H18N4OS/c1-9(22-16-19-13(17)8-14(18)20-16)15(21)12-6-5-10-3-2-4-11(10)7-12/h5-9H,2-4H2,1H3,(H4,17,18,19,20). The van der Waals surface area contributed by atoms with Gasteiger partial charge in [-0.25, -0.2) is 9.97 Å². The van der Waals surface area contributed by atoms with Gasteiger partial charge in [0.1, 0.15) is 11.6 Å². The summed E-state index contributed by atoms with van der Waals surface area (Å²) in [7, 11) is 0. The summed E-state index contributed by atoms with van der Waals surface area (Å²) >= 11 is 1.28. The highest BCUT2D eigenvalue weighted by Crippen LogP contribution is 2.27. The fraction of sp³-hybridized carbons (Fsp3) is 0.312. The second kappa shape index (κ2) is 5.96. The van der Waals surface area contributed by atoms with Gasteiger partial charge in [-0.05, 0) is 43.4 Å². The number of carbonyl (C=O) groups is 1. The molecule has 0 spiro atoms. The van der Waals surface area contributed by atoms with Crippen molar-refractivity contribution in [2.75, 3.05) is 11.5 Å². The van der Waals surface area contributed by atoms with Crippen LogP contribution in [0, 0.1) is 0 Å². The van der Waals surface area contributed by atoms with E-state index in [9.17, 15) is 4.79 Å². The van der Waals surface area contributed by atoms with Crippen LogP contribution in [-0.4, -0.2) is 21.0 Å². The lowest BCUT2D eigenvalue weighted by Gasteiger charge is -2.11. The van der Waals surface area contributed by atoms with Gasteiger partial charge < -0.3 is 11.5 Å². The van der Waals surface area contributed by atoms with Gasteiger partial charge in [-0.15, -0.1) is 0 Å². The fourth-order valence-electron chi connectivity index (χ4n) is 2.69. The summed E-state index contributed by atoms with van der Waals surface area (Å²) in [5, 5.41) is 0.139. The maximum absolute atomic E-state index is 12.6. The molecular formula is C16H18N4OS. The molecule has 1 unspecified atom stereocenters. The van der Waals surface area contributed by atoms with Crippen LogP contribution in [0.1, 0.15) is 34.8 Å². The maximum atomic E-state index is 12.6. The van der Waals surface area contributed by atoms with E-state index in [1.54, 1.807) is 0 Å². The summed E-state index contributed by atoms with van der Waals surface area (Å²) in [6.07, 6.45) is 3.35. The Balaban J connectivity index is 1.76. The maximum Gasteiger partial charge on any atom is 0.192 e. The molecule has 0 radical (unpaired) electrons. The van der Waals surface area contributed by atoms with Crippen LogP contribution in [0.2, 0.25) is 0 Å². The Hall–Kier alpha value is -2.08. The van der Waals surface area contributed by atoms with Crippen molar-refractivity contribution in [3.8, 4) is 0 Å². The fourth-order valence-corrected chi connectivity index (χ4v) is 3.56. The molecule has 1 atom stereocenters. The second-order valence-electron chi connectivity index (χ2n) is 5.46. The number of fused-ring (bicyclic) bond motifs is 1. The number of Topliss-reactive ketones (excluding diaryl/α,β-unsaturated/α-hetero) is 1.